The Morgan fingerprint density at radius 2 is 1.60 bits per heavy atom. The highest BCUT2D eigenvalue weighted by Gasteiger charge is 2.39. The first-order valence-electron chi connectivity index (χ1n) is 11.7. The van der Waals surface area contributed by atoms with Crippen molar-refractivity contribution < 1.29 is 9.53 Å². The molecule has 30 heavy (non-hydrogen) atoms. The molecule has 0 radical (unpaired) electrons. The Bertz CT molecular complexity index is 793. The minimum absolute atomic E-state index is 0.272. The summed E-state index contributed by atoms with van der Waals surface area (Å²) in [6, 6.07) is 18.0. The third-order valence-electron chi connectivity index (χ3n) is 7.00. The van der Waals surface area contributed by atoms with Gasteiger partial charge in [0, 0.05) is 18.4 Å². The fraction of sp³-hybridized carbons (Fsp3) is 0.519. The molecule has 1 saturated heterocycles. The molecule has 1 heterocycles. The minimum atomic E-state index is 0.272. The number of likely N-dealkylation sites (tertiary alicyclic amines) is 1. The standard InChI is InChI=1S/C27H35NO2/c1-21-7-11-23(12-8-21)24-13-9-22(10-14-24)20-30-27-16-15-26(25(27)6-5-19-29)28-17-3-2-4-18-28/h7-14,19,25-27H,2-6,15-18,20H2,1H3/t25-,26+,27+/m0/s1. The fourth-order valence-electron chi connectivity index (χ4n) is 5.30. The van der Waals surface area contributed by atoms with Crippen LogP contribution in [0, 0.1) is 12.8 Å². The van der Waals surface area contributed by atoms with E-state index in [0.717, 1.165) is 19.1 Å². The number of rotatable bonds is 8. The maximum atomic E-state index is 11.0. The zero-order chi connectivity index (χ0) is 20.8. The Labute approximate surface area is 181 Å². The predicted octanol–water partition coefficient (Wildman–Crippen LogP) is 5.79. The average Bonchev–Trinajstić information content (AvgIpc) is 3.20. The molecule has 2 fully saturated rings. The molecule has 2 aromatic carbocycles. The summed E-state index contributed by atoms with van der Waals surface area (Å²) in [6.07, 6.45) is 9.28. The summed E-state index contributed by atoms with van der Waals surface area (Å²) in [5, 5.41) is 0. The number of hydrogen-bond acceptors (Lipinski definition) is 3. The van der Waals surface area contributed by atoms with Gasteiger partial charge in [-0.2, -0.15) is 0 Å². The highest BCUT2D eigenvalue weighted by molar-refractivity contribution is 5.63. The van der Waals surface area contributed by atoms with E-state index in [4.69, 9.17) is 4.74 Å². The molecule has 2 aliphatic rings. The van der Waals surface area contributed by atoms with Crippen molar-refractivity contribution in [2.45, 2.75) is 70.6 Å². The van der Waals surface area contributed by atoms with Crippen LogP contribution < -0.4 is 0 Å². The van der Waals surface area contributed by atoms with Crippen molar-refractivity contribution in [2.75, 3.05) is 13.1 Å². The molecule has 0 amide bonds. The van der Waals surface area contributed by atoms with E-state index < -0.39 is 0 Å². The monoisotopic (exact) mass is 405 g/mol. The Balaban J connectivity index is 1.36. The maximum absolute atomic E-state index is 11.0. The number of carbonyl (C=O) groups excluding carboxylic acids is 1. The molecule has 1 aliphatic carbocycles. The summed E-state index contributed by atoms with van der Waals surface area (Å²) >= 11 is 0. The highest BCUT2D eigenvalue weighted by Crippen LogP contribution is 2.37. The number of piperidine rings is 1. The van der Waals surface area contributed by atoms with E-state index in [-0.39, 0.29) is 6.10 Å². The van der Waals surface area contributed by atoms with Crippen molar-refractivity contribution in [3.05, 3.63) is 59.7 Å². The zero-order valence-corrected chi connectivity index (χ0v) is 18.3. The molecule has 3 atom stereocenters. The van der Waals surface area contributed by atoms with Crippen LogP contribution in [0.25, 0.3) is 11.1 Å². The Kier molecular flexibility index (Phi) is 7.35. The lowest BCUT2D eigenvalue weighted by molar-refractivity contribution is -0.108. The molecule has 2 aromatic rings. The van der Waals surface area contributed by atoms with E-state index in [0.29, 0.717) is 25.0 Å². The summed E-state index contributed by atoms with van der Waals surface area (Å²) in [5.41, 5.74) is 5.00. The van der Waals surface area contributed by atoms with Crippen LogP contribution in [-0.2, 0) is 16.1 Å². The number of benzene rings is 2. The maximum Gasteiger partial charge on any atom is 0.120 e. The van der Waals surface area contributed by atoms with Crippen LogP contribution >= 0.6 is 0 Å². The lowest BCUT2D eigenvalue weighted by atomic mass is 9.93. The number of aldehydes is 1. The molecule has 1 saturated carbocycles. The van der Waals surface area contributed by atoms with Crippen LogP contribution in [0.5, 0.6) is 0 Å². The number of nitrogens with zero attached hydrogens (tertiary/aromatic N) is 1. The second kappa shape index (κ2) is 10.4. The topological polar surface area (TPSA) is 29.5 Å². The Hall–Kier alpha value is -1.97. The first-order chi connectivity index (χ1) is 14.7. The SMILES string of the molecule is Cc1ccc(-c2ccc(CO[C@@H]3CC[C@@H](N4CCCCC4)[C@@H]3CCC=O)cc2)cc1. The smallest absolute Gasteiger partial charge is 0.120 e. The van der Waals surface area contributed by atoms with Crippen LogP contribution in [-0.4, -0.2) is 36.4 Å². The summed E-state index contributed by atoms with van der Waals surface area (Å²) in [5.74, 6) is 0.486. The molecular weight excluding hydrogens is 370 g/mol. The van der Waals surface area contributed by atoms with Crippen molar-refractivity contribution >= 4 is 6.29 Å². The molecule has 160 valence electrons. The molecule has 0 spiro atoms. The molecule has 4 rings (SSSR count). The fourth-order valence-corrected chi connectivity index (χ4v) is 5.30. The van der Waals surface area contributed by atoms with Crippen molar-refractivity contribution in [1.29, 1.82) is 0 Å². The molecule has 0 bridgehead atoms. The van der Waals surface area contributed by atoms with Crippen molar-refractivity contribution in [1.82, 2.24) is 4.90 Å². The molecule has 0 N–H and O–H groups in total. The van der Waals surface area contributed by atoms with Crippen LogP contribution in [0.1, 0.15) is 56.1 Å². The molecule has 3 heteroatoms. The highest BCUT2D eigenvalue weighted by atomic mass is 16.5. The minimum Gasteiger partial charge on any atom is -0.373 e. The lowest BCUT2D eigenvalue weighted by Crippen LogP contribution is -2.43. The molecular formula is C27H35NO2. The second-order valence-corrected chi connectivity index (χ2v) is 9.06. The van der Waals surface area contributed by atoms with Gasteiger partial charge in [-0.15, -0.1) is 0 Å². The Morgan fingerprint density at radius 1 is 0.933 bits per heavy atom. The number of carbonyl (C=O) groups is 1. The van der Waals surface area contributed by atoms with E-state index in [2.05, 4.69) is 60.4 Å². The number of ether oxygens (including phenoxy) is 1. The number of aryl methyl sites for hydroxylation is 1. The summed E-state index contributed by atoms with van der Waals surface area (Å²) in [7, 11) is 0. The second-order valence-electron chi connectivity index (χ2n) is 9.06. The molecule has 1 aliphatic heterocycles. The van der Waals surface area contributed by atoms with E-state index >= 15 is 0 Å². The average molecular weight is 406 g/mol. The van der Waals surface area contributed by atoms with Gasteiger partial charge in [-0.3, -0.25) is 0 Å². The van der Waals surface area contributed by atoms with Gasteiger partial charge < -0.3 is 14.4 Å². The van der Waals surface area contributed by atoms with Gasteiger partial charge in [0.2, 0.25) is 0 Å². The predicted molar refractivity (Wildman–Crippen MR) is 122 cm³/mol. The van der Waals surface area contributed by atoms with Gasteiger partial charge in [0.1, 0.15) is 6.29 Å². The third-order valence-corrected chi connectivity index (χ3v) is 7.00. The lowest BCUT2D eigenvalue weighted by Gasteiger charge is -2.36. The van der Waals surface area contributed by atoms with Crippen LogP contribution in [0.3, 0.4) is 0 Å². The van der Waals surface area contributed by atoms with E-state index in [1.165, 1.54) is 61.0 Å². The van der Waals surface area contributed by atoms with Crippen LogP contribution in [0.15, 0.2) is 48.5 Å². The number of hydrogen-bond donors (Lipinski definition) is 0. The van der Waals surface area contributed by atoms with Gasteiger partial charge >= 0.3 is 0 Å². The van der Waals surface area contributed by atoms with Crippen molar-refractivity contribution in [2.24, 2.45) is 5.92 Å². The summed E-state index contributed by atoms with van der Waals surface area (Å²) in [6.45, 7) is 5.21. The van der Waals surface area contributed by atoms with Crippen LogP contribution in [0.2, 0.25) is 0 Å². The van der Waals surface area contributed by atoms with E-state index in [9.17, 15) is 4.79 Å². The first-order valence-corrected chi connectivity index (χ1v) is 11.7. The van der Waals surface area contributed by atoms with E-state index in [1.54, 1.807) is 0 Å². The van der Waals surface area contributed by atoms with Gasteiger partial charge in [-0.05, 0) is 68.8 Å². The van der Waals surface area contributed by atoms with Gasteiger partial charge in [0.15, 0.2) is 0 Å². The first kappa shape index (κ1) is 21.3. The largest absolute Gasteiger partial charge is 0.373 e. The van der Waals surface area contributed by atoms with Crippen molar-refractivity contribution in [3.8, 4) is 11.1 Å². The molecule has 0 unspecified atom stereocenters. The zero-order valence-electron chi connectivity index (χ0n) is 18.3. The summed E-state index contributed by atoms with van der Waals surface area (Å²) < 4.78 is 6.44. The molecule has 0 aromatic heterocycles. The third kappa shape index (κ3) is 5.19. The van der Waals surface area contributed by atoms with Crippen molar-refractivity contribution in [3.63, 3.8) is 0 Å². The van der Waals surface area contributed by atoms with Gasteiger partial charge in [-0.1, -0.05) is 60.5 Å². The normalized spacial score (nSPS) is 24.8. The van der Waals surface area contributed by atoms with Gasteiger partial charge in [0.05, 0.1) is 12.7 Å². The summed E-state index contributed by atoms with van der Waals surface area (Å²) in [4.78, 5) is 13.7. The Morgan fingerprint density at radius 3 is 2.27 bits per heavy atom. The van der Waals surface area contributed by atoms with Gasteiger partial charge in [-0.25, -0.2) is 0 Å². The van der Waals surface area contributed by atoms with Crippen LogP contribution in [0.4, 0.5) is 0 Å². The van der Waals surface area contributed by atoms with Gasteiger partial charge in [0.25, 0.3) is 0 Å². The quantitative estimate of drug-likeness (QED) is 0.521. The van der Waals surface area contributed by atoms with E-state index in [1.807, 2.05) is 0 Å². The molecule has 3 nitrogen and oxygen atoms in total.